The van der Waals surface area contributed by atoms with Gasteiger partial charge in [-0.3, -0.25) is 0 Å². The first-order valence-electron chi connectivity index (χ1n) is 8.64. The van der Waals surface area contributed by atoms with Crippen LogP contribution in [0.2, 0.25) is 0 Å². The molecule has 0 bridgehead atoms. The van der Waals surface area contributed by atoms with Gasteiger partial charge in [0.05, 0.1) is 19.3 Å². The molecule has 4 nitrogen and oxygen atoms in total. The van der Waals surface area contributed by atoms with Crippen LogP contribution in [0.1, 0.15) is 39.9 Å². The first kappa shape index (κ1) is 18.8. The van der Waals surface area contributed by atoms with E-state index in [1.54, 1.807) is 0 Å². The van der Waals surface area contributed by atoms with E-state index in [4.69, 9.17) is 9.47 Å². The zero-order valence-corrected chi connectivity index (χ0v) is 15.5. The van der Waals surface area contributed by atoms with Crippen LogP contribution in [-0.2, 0) is 4.74 Å². The fourth-order valence-electron chi connectivity index (χ4n) is 2.59. The number of anilines is 1. The minimum absolute atomic E-state index is 0.315. The lowest BCUT2D eigenvalue weighted by Gasteiger charge is -2.12. The number of nitrogens with one attached hydrogen (secondary N) is 1. The second kappa shape index (κ2) is 9.11. The monoisotopic (exact) mass is 341 g/mol. The number of rotatable bonds is 8. The molecule has 134 valence electrons. The van der Waals surface area contributed by atoms with Crippen molar-refractivity contribution in [2.24, 2.45) is 0 Å². The highest BCUT2D eigenvalue weighted by molar-refractivity contribution is 5.95. The van der Waals surface area contributed by atoms with Gasteiger partial charge in [-0.2, -0.15) is 0 Å². The third kappa shape index (κ3) is 5.52. The van der Waals surface area contributed by atoms with Crippen molar-refractivity contribution in [1.82, 2.24) is 0 Å². The summed E-state index contributed by atoms with van der Waals surface area (Å²) in [7, 11) is 1.40. The Bertz CT molecular complexity index is 725. The van der Waals surface area contributed by atoms with E-state index in [0.29, 0.717) is 12.2 Å². The normalized spacial score (nSPS) is 10.4. The Kier molecular flexibility index (Phi) is 6.87. The summed E-state index contributed by atoms with van der Waals surface area (Å²) in [4.78, 5) is 11.9. The molecule has 0 unspecified atom stereocenters. The first-order chi connectivity index (χ1) is 12.0. The molecule has 2 rings (SSSR count). The summed E-state index contributed by atoms with van der Waals surface area (Å²) >= 11 is 0. The van der Waals surface area contributed by atoms with Gasteiger partial charge in [0.25, 0.3) is 0 Å². The predicted octanol–water partition coefficient (Wildman–Crippen LogP) is 4.67. The van der Waals surface area contributed by atoms with Crippen molar-refractivity contribution >= 4 is 11.7 Å². The van der Waals surface area contributed by atoms with Crippen molar-refractivity contribution in [2.75, 3.05) is 25.6 Å². The van der Waals surface area contributed by atoms with Crippen LogP contribution in [-0.4, -0.2) is 26.2 Å². The average molecular weight is 341 g/mol. The predicted molar refractivity (Wildman–Crippen MR) is 102 cm³/mol. The summed E-state index contributed by atoms with van der Waals surface area (Å²) in [5.41, 5.74) is 4.79. The highest BCUT2D eigenvalue weighted by Crippen LogP contribution is 2.20. The molecule has 0 saturated heterocycles. The molecule has 0 atom stereocenters. The topological polar surface area (TPSA) is 47.6 Å². The van der Waals surface area contributed by atoms with E-state index in [1.165, 1.54) is 12.7 Å². The number of ether oxygens (including phenoxy) is 2. The molecule has 1 N–H and O–H groups in total. The SMILES string of the molecule is COC(=O)c1cc(C)ccc1NCCCCOc1cc(C)ccc1C. The summed E-state index contributed by atoms with van der Waals surface area (Å²) < 4.78 is 10.7. The van der Waals surface area contributed by atoms with Gasteiger partial charge in [-0.1, -0.05) is 23.8 Å². The molecule has 2 aromatic rings. The van der Waals surface area contributed by atoms with Crippen LogP contribution in [0, 0.1) is 20.8 Å². The van der Waals surface area contributed by atoms with Gasteiger partial charge >= 0.3 is 5.97 Å². The largest absolute Gasteiger partial charge is 0.493 e. The van der Waals surface area contributed by atoms with Crippen molar-refractivity contribution < 1.29 is 14.3 Å². The summed E-state index contributed by atoms with van der Waals surface area (Å²) in [6, 6.07) is 12.0. The fraction of sp³-hybridized carbons (Fsp3) is 0.381. The van der Waals surface area contributed by atoms with E-state index in [9.17, 15) is 4.79 Å². The molecule has 0 saturated carbocycles. The molecular weight excluding hydrogens is 314 g/mol. The number of hydrogen-bond acceptors (Lipinski definition) is 4. The molecule has 0 aliphatic rings. The maximum absolute atomic E-state index is 11.9. The quantitative estimate of drug-likeness (QED) is 0.560. The average Bonchev–Trinajstić information content (AvgIpc) is 2.61. The molecule has 4 heteroatoms. The third-order valence-electron chi connectivity index (χ3n) is 4.07. The van der Waals surface area contributed by atoms with E-state index >= 15 is 0 Å². The Morgan fingerprint density at radius 3 is 2.48 bits per heavy atom. The standard InChI is InChI=1S/C21H27NO3/c1-15-8-10-19(18(13-15)21(23)24-4)22-11-5-6-12-25-20-14-16(2)7-9-17(20)3/h7-10,13-14,22H,5-6,11-12H2,1-4H3. The minimum Gasteiger partial charge on any atom is -0.493 e. The van der Waals surface area contributed by atoms with Crippen LogP contribution in [0.4, 0.5) is 5.69 Å². The Labute approximate surface area is 150 Å². The van der Waals surface area contributed by atoms with Crippen molar-refractivity contribution in [1.29, 1.82) is 0 Å². The number of unbranched alkanes of at least 4 members (excludes halogenated alkanes) is 1. The van der Waals surface area contributed by atoms with Crippen LogP contribution in [0.25, 0.3) is 0 Å². The molecule has 0 aliphatic carbocycles. The van der Waals surface area contributed by atoms with Gasteiger partial charge in [0.1, 0.15) is 5.75 Å². The molecular formula is C21H27NO3. The van der Waals surface area contributed by atoms with Gasteiger partial charge in [-0.05, 0) is 62.9 Å². The van der Waals surface area contributed by atoms with E-state index in [2.05, 4.69) is 37.4 Å². The van der Waals surface area contributed by atoms with Crippen LogP contribution >= 0.6 is 0 Å². The van der Waals surface area contributed by atoms with Crippen molar-refractivity contribution in [3.63, 3.8) is 0 Å². The molecule has 25 heavy (non-hydrogen) atoms. The third-order valence-corrected chi connectivity index (χ3v) is 4.07. The smallest absolute Gasteiger partial charge is 0.339 e. The zero-order chi connectivity index (χ0) is 18.2. The fourth-order valence-corrected chi connectivity index (χ4v) is 2.59. The van der Waals surface area contributed by atoms with Crippen molar-refractivity contribution in [3.05, 3.63) is 58.7 Å². The molecule has 0 heterocycles. The molecule has 0 aliphatic heterocycles. The van der Waals surface area contributed by atoms with E-state index < -0.39 is 0 Å². The molecule has 0 spiro atoms. The van der Waals surface area contributed by atoms with Gasteiger partial charge in [-0.15, -0.1) is 0 Å². The number of aryl methyl sites for hydroxylation is 3. The van der Waals surface area contributed by atoms with Gasteiger partial charge in [0.2, 0.25) is 0 Å². The number of carbonyl (C=O) groups excluding carboxylic acids is 1. The van der Waals surface area contributed by atoms with Gasteiger partial charge in [0.15, 0.2) is 0 Å². The molecule has 0 aromatic heterocycles. The zero-order valence-electron chi connectivity index (χ0n) is 15.5. The second-order valence-electron chi connectivity index (χ2n) is 6.29. The molecule has 0 amide bonds. The Morgan fingerprint density at radius 1 is 1.00 bits per heavy atom. The van der Waals surface area contributed by atoms with E-state index in [-0.39, 0.29) is 5.97 Å². The number of carbonyl (C=O) groups is 1. The molecule has 0 radical (unpaired) electrons. The summed E-state index contributed by atoms with van der Waals surface area (Å²) in [6.07, 6.45) is 1.90. The summed E-state index contributed by atoms with van der Waals surface area (Å²) in [6.45, 7) is 7.55. The van der Waals surface area contributed by atoms with Gasteiger partial charge < -0.3 is 14.8 Å². The lowest BCUT2D eigenvalue weighted by atomic mass is 10.1. The van der Waals surface area contributed by atoms with Gasteiger partial charge in [0, 0.05) is 12.2 Å². The number of hydrogen-bond donors (Lipinski definition) is 1. The van der Waals surface area contributed by atoms with Crippen molar-refractivity contribution in [3.8, 4) is 5.75 Å². The summed E-state index contributed by atoms with van der Waals surface area (Å²) in [5.74, 6) is 0.643. The maximum Gasteiger partial charge on any atom is 0.339 e. The Hall–Kier alpha value is -2.49. The Balaban J connectivity index is 1.78. The van der Waals surface area contributed by atoms with Gasteiger partial charge in [-0.25, -0.2) is 4.79 Å². The van der Waals surface area contributed by atoms with Crippen LogP contribution in [0.3, 0.4) is 0 Å². The highest BCUT2D eigenvalue weighted by atomic mass is 16.5. The maximum atomic E-state index is 11.9. The lowest BCUT2D eigenvalue weighted by Crippen LogP contribution is -2.10. The minimum atomic E-state index is -0.315. The lowest BCUT2D eigenvalue weighted by molar-refractivity contribution is 0.0601. The van der Waals surface area contributed by atoms with Crippen molar-refractivity contribution in [2.45, 2.75) is 33.6 Å². The van der Waals surface area contributed by atoms with E-state index in [1.807, 2.05) is 25.1 Å². The van der Waals surface area contributed by atoms with Crippen LogP contribution < -0.4 is 10.1 Å². The second-order valence-corrected chi connectivity index (χ2v) is 6.29. The molecule has 2 aromatic carbocycles. The Morgan fingerprint density at radius 2 is 1.72 bits per heavy atom. The first-order valence-corrected chi connectivity index (χ1v) is 8.64. The van der Waals surface area contributed by atoms with E-state index in [0.717, 1.165) is 42.0 Å². The molecule has 0 fully saturated rings. The number of esters is 1. The summed E-state index contributed by atoms with van der Waals surface area (Å²) in [5, 5.41) is 3.32. The number of methoxy groups -OCH3 is 1. The highest BCUT2D eigenvalue weighted by Gasteiger charge is 2.11. The van der Waals surface area contributed by atoms with Crippen LogP contribution in [0.5, 0.6) is 5.75 Å². The number of benzene rings is 2. The van der Waals surface area contributed by atoms with Crippen LogP contribution in [0.15, 0.2) is 36.4 Å².